The van der Waals surface area contributed by atoms with Gasteiger partial charge in [-0.25, -0.2) is 0 Å². The molecule has 2 rings (SSSR count). The molecule has 0 saturated carbocycles. The van der Waals surface area contributed by atoms with E-state index in [1.807, 2.05) is 0 Å². The summed E-state index contributed by atoms with van der Waals surface area (Å²) in [5.41, 5.74) is 0.825. The van der Waals surface area contributed by atoms with Gasteiger partial charge in [0, 0.05) is 13.7 Å². The van der Waals surface area contributed by atoms with E-state index in [1.54, 1.807) is 31.5 Å². The summed E-state index contributed by atoms with van der Waals surface area (Å²) >= 11 is 0. The molecule has 1 amide bonds. The smallest absolute Gasteiger partial charge is 0.388 e. The zero-order valence-electron chi connectivity index (χ0n) is 24.9. The molecule has 43 heavy (non-hydrogen) atoms. The molecule has 2 N–H and O–H groups in total. The maximum atomic E-state index is 13.2. The first-order chi connectivity index (χ1) is 20.3. The molecule has 0 aromatic heterocycles. The normalized spacial score (nSPS) is 23.6. The van der Waals surface area contributed by atoms with E-state index in [0.717, 1.165) is 44.1 Å². The Morgan fingerprint density at radius 1 is 1.14 bits per heavy atom. The van der Waals surface area contributed by atoms with Crippen LogP contribution in [-0.2, 0) is 38.0 Å². The molecule has 0 bridgehead atoms. The van der Waals surface area contributed by atoms with Crippen LogP contribution in [0.4, 0.5) is 13.2 Å². The molecule has 246 valence electrons. The fraction of sp³-hybridized carbons (Fsp3) is 0.690. The van der Waals surface area contributed by atoms with E-state index >= 15 is 0 Å². The zero-order chi connectivity index (χ0) is 32.0. The number of aliphatic hydroxyl groups is 1. The lowest BCUT2D eigenvalue weighted by atomic mass is 9.96. The van der Waals surface area contributed by atoms with Crippen LogP contribution in [0.1, 0.15) is 57.4 Å². The number of aliphatic hydroxyl groups excluding tert-OH is 1. The average molecular weight is 640 g/mol. The third-order valence-electron chi connectivity index (χ3n) is 7.02. The van der Waals surface area contributed by atoms with Crippen LogP contribution in [0.3, 0.4) is 0 Å². The van der Waals surface area contributed by atoms with Crippen molar-refractivity contribution in [2.75, 3.05) is 26.9 Å². The lowest BCUT2D eigenvalue weighted by Gasteiger charge is -2.44. The second-order valence-electron chi connectivity index (χ2n) is 10.4. The van der Waals surface area contributed by atoms with E-state index in [1.165, 1.54) is 18.2 Å². The third-order valence-corrected chi connectivity index (χ3v) is 8.31. The van der Waals surface area contributed by atoms with E-state index < -0.39 is 59.5 Å². The number of ether oxygens (including phenoxy) is 4. The first-order valence-corrected chi connectivity index (χ1v) is 15.8. The Labute approximate surface area is 252 Å². The predicted molar refractivity (Wildman–Crippen MR) is 152 cm³/mol. The molecule has 1 heterocycles. The van der Waals surface area contributed by atoms with Crippen LogP contribution in [-0.4, -0.2) is 89.3 Å². The molecule has 6 atom stereocenters. The largest absolute Gasteiger partial charge is 0.471 e. The molecule has 0 unspecified atom stereocenters. The Morgan fingerprint density at radius 3 is 2.42 bits per heavy atom. The van der Waals surface area contributed by atoms with Crippen LogP contribution in [0.2, 0.25) is 0 Å². The summed E-state index contributed by atoms with van der Waals surface area (Å²) in [5, 5.41) is 12.9. The monoisotopic (exact) mass is 639 g/mol. The topological polar surface area (TPSA) is 130 Å². The van der Waals surface area contributed by atoms with E-state index in [0.29, 0.717) is 6.42 Å². The number of alkyl halides is 3. The first-order valence-electron chi connectivity index (χ1n) is 14.4. The number of benzene rings is 1. The minimum absolute atomic E-state index is 0.0446. The molecule has 0 aliphatic carbocycles. The quantitative estimate of drug-likeness (QED) is 0.130. The number of methoxy groups -OCH3 is 1. The van der Waals surface area contributed by atoms with Gasteiger partial charge in [0.15, 0.2) is 6.29 Å². The number of unbranched alkanes of at least 4 members (excludes halogenated alkanes) is 4. The van der Waals surface area contributed by atoms with Gasteiger partial charge in [-0.2, -0.15) is 21.6 Å². The molecule has 1 fully saturated rings. The second-order valence-corrected chi connectivity index (χ2v) is 12.0. The van der Waals surface area contributed by atoms with Gasteiger partial charge in [0.1, 0.15) is 24.4 Å². The zero-order valence-corrected chi connectivity index (χ0v) is 25.7. The number of hydrogen-bond donors (Lipinski definition) is 2. The molecule has 1 saturated heterocycles. The molecule has 1 aliphatic heterocycles. The van der Waals surface area contributed by atoms with Crippen molar-refractivity contribution in [2.24, 2.45) is 0 Å². The summed E-state index contributed by atoms with van der Waals surface area (Å²) in [6.45, 7) is 6.47. The number of nitrogens with one attached hydrogen (secondary N) is 1. The number of carbonyl (C=O) groups excluding carboxylic acids is 1. The number of amides is 1. The molecule has 10 nitrogen and oxygen atoms in total. The summed E-state index contributed by atoms with van der Waals surface area (Å²) in [5.74, 6) is -2.28. The number of rotatable bonds is 19. The minimum atomic E-state index is -5.24. The maximum absolute atomic E-state index is 13.2. The van der Waals surface area contributed by atoms with E-state index in [4.69, 9.17) is 23.1 Å². The number of carbonyl (C=O) groups is 1. The van der Waals surface area contributed by atoms with Crippen LogP contribution in [0.5, 0.6) is 0 Å². The second kappa shape index (κ2) is 18.0. The third kappa shape index (κ3) is 12.1. The Bertz CT molecular complexity index is 1090. The van der Waals surface area contributed by atoms with Crippen molar-refractivity contribution >= 4 is 16.0 Å². The molecule has 1 aliphatic rings. The van der Waals surface area contributed by atoms with Crippen molar-refractivity contribution in [3.05, 3.63) is 42.5 Å². The molecule has 1 aromatic rings. The Hall–Kier alpha value is -2.07. The highest BCUT2D eigenvalue weighted by Gasteiger charge is 2.50. The fourth-order valence-corrected chi connectivity index (χ4v) is 5.49. The lowest BCUT2D eigenvalue weighted by molar-refractivity contribution is -0.275. The average Bonchev–Trinajstić information content (AvgIpc) is 2.96. The Balaban J connectivity index is 2.21. The maximum Gasteiger partial charge on any atom is 0.471 e. The highest BCUT2D eigenvalue weighted by atomic mass is 32.2. The predicted octanol–water partition coefficient (Wildman–Crippen LogP) is 4.19. The summed E-state index contributed by atoms with van der Waals surface area (Å²) in [6, 6.07) is 4.26. The van der Waals surface area contributed by atoms with Crippen molar-refractivity contribution in [3.8, 4) is 0 Å². The molecular formula is C29H44F3NO9S. The highest BCUT2D eigenvalue weighted by Crippen LogP contribution is 2.28. The highest BCUT2D eigenvalue weighted by molar-refractivity contribution is 7.86. The van der Waals surface area contributed by atoms with Gasteiger partial charge >= 0.3 is 12.1 Å². The van der Waals surface area contributed by atoms with Crippen molar-refractivity contribution in [1.82, 2.24) is 5.32 Å². The Morgan fingerprint density at radius 2 is 1.81 bits per heavy atom. The van der Waals surface area contributed by atoms with E-state index in [2.05, 4.69) is 13.5 Å². The van der Waals surface area contributed by atoms with Gasteiger partial charge < -0.3 is 29.4 Å². The Kier molecular flexibility index (Phi) is 15.6. The summed E-state index contributed by atoms with van der Waals surface area (Å²) in [4.78, 5) is 11.8. The fourth-order valence-electron chi connectivity index (χ4n) is 4.57. The summed E-state index contributed by atoms with van der Waals surface area (Å²) in [6.07, 6.45) is -3.86. The van der Waals surface area contributed by atoms with Crippen LogP contribution in [0.15, 0.2) is 41.8 Å². The summed E-state index contributed by atoms with van der Waals surface area (Å²) < 4.78 is 92.8. The van der Waals surface area contributed by atoms with Gasteiger partial charge in [-0.15, -0.1) is 6.58 Å². The number of aryl methyl sites for hydroxylation is 1. The standard InChI is InChI=1S/C29H44F3NO9S/c1-5-7-8-9-10-11-21(38-4)16-18-39-26-24(33-28(35)29(30,31)32)27(40-17-6-2)42-23(25(26)34)19-41-43(36,37)22-14-12-20(3)13-15-22/h6,12-15,21,23-27,34H,2,5,7-11,16-19H2,1,3-4H3,(H,33,35)/t21-,23-,24-,25-,26-,27+/m1/s1. The van der Waals surface area contributed by atoms with Gasteiger partial charge in [-0.1, -0.05) is 62.8 Å². The SMILES string of the molecule is C=CCO[C@H]1O[C@H](COS(=O)(=O)c2ccc(C)cc2)[C@@H](O)[C@H](OCC[C@@H](CCCCCCC)OC)[C@H]1NC(=O)C(F)(F)F. The molecule has 0 spiro atoms. The van der Waals surface area contributed by atoms with Gasteiger partial charge in [-0.05, 0) is 31.9 Å². The first kappa shape index (κ1) is 37.1. The van der Waals surface area contributed by atoms with Gasteiger partial charge in [-0.3, -0.25) is 8.98 Å². The summed E-state index contributed by atoms with van der Waals surface area (Å²) in [7, 11) is -2.73. The van der Waals surface area contributed by atoms with Gasteiger partial charge in [0.2, 0.25) is 0 Å². The van der Waals surface area contributed by atoms with Crippen LogP contribution >= 0.6 is 0 Å². The van der Waals surface area contributed by atoms with Crippen LogP contribution in [0.25, 0.3) is 0 Å². The lowest BCUT2D eigenvalue weighted by Crippen LogP contribution is -2.66. The molecule has 0 radical (unpaired) electrons. The van der Waals surface area contributed by atoms with Crippen LogP contribution < -0.4 is 5.32 Å². The molecule has 14 heteroatoms. The van der Waals surface area contributed by atoms with Crippen molar-refractivity contribution in [1.29, 1.82) is 0 Å². The van der Waals surface area contributed by atoms with Gasteiger partial charge in [0.05, 0.1) is 24.2 Å². The van der Waals surface area contributed by atoms with Crippen LogP contribution in [0, 0.1) is 6.92 Å². The molecule has 1 aromatic carbocycles. The minimum Gasteiger partial charge on any atom is -0.388 e. The van der Waals surface area contributed by atoms with E-state index in [9.17, 15) is 31.5 Å². The van der Waals surface area contributed by atoms with Gasteiger partial charge in [0.25, 0.3) is 10.1 Å². The van der Waals surface area contributed by atoms with Crippen molar-refractivity contribution in [2.45, 2.75) is 107 Å². The van der Waals surface area contributed by atoms with Crippen molar-refractivity contribution < 1.29 is 54.6 Å². The molecular weight excluding hydrogens is 595 g/mol. The van der Waals surface area contributed by atoms with E-state index in [-0.39, 0.29) is 24.2 Å². The van der Waals surface area contributed by atoms with Crippen molar-refractivity contribution in [3.63, 3.8) is 0 Å². The number of halogens is 3. The number of hydrogen-bond acceptors (Lipinski definition) is 9.